The van der Waals surface area contributed by atoms with Gasteiger partial charge in [0.25, 0.3) is 0 Å². The van der Waals surface area contributed by atoms with Crippen LogP contribution >= 0.6 is 0 Å². The standard InChI is InChI=1S/C19H31N5O/c1-3-9-24-14-20-21-17(24)16-12-22(2)13-19(16)7-10-23(11-8-19)18(25)15-5-4-6-15/h14-16H,3-13H2,1-2H3. The van der Waals surface area contributed by atoms with Crippen molar-refractivity contribution in [3.63, 3.8) is 0 Å². The van der Waals surface area contributed by atoms with Gasteiger partial charge in [-0.05, 0) is 44.6 Å². The van der Waals surface area contributed by atoms with Crippen molar-refractivity contribution in [3.05, 3.63) is 12.2 Å². The molecule has 3 heterocycles. The van der Waals surface area contributed by atoms with Crippen LogP contribution in [0.25, 0.3) is 0 Å². The Labute approximate surface area is 150 Å². The highest BCUT2D eigenvalue weighted by Gasteiger charge is 2.50. The number of likely N-dealkylation sites (tertiary alicyclic amines) is 2. The minimum absolute atomic E-state index is 0.254. The van der Waals surface area contributed by atoms with Crippen LogP contribution in [0.4, 0.5) is 0 Å². The normalized spacial score (nSPS) is 27.0. The second kappa shape index (κ2) is 6.71. The Hall–Kier alpha value is -1.43. The molecule has 1 atom stereocenters. The first kappa shape index (κ1) is 17.0. The molecule has 1 saturated carbocycles. The quantitative estimate of drug-likeness (QED) is 0.839. The number of aryl methyl sites for hydroxylation is 1. The molecule has 1 unspecified atom stereocenters. The summed E-state index contributed by atoms with van der Waals surface area (Å²) < 4.78 is 2.25. The van der Waals surface area contributed by atoms with Crippen LogP contribution in [0.2, 0.25) is 0 Å². The van der Waals surface area contributed by atoms with Gasteiger partial charge in [0.15, 0.2) is 0 Å². The number of rotatable bonds is 4. The van der Waals surface area contributed by atoms with E-state index in [1.54, 1.807) is 0 Å². The van der Waals surface area contributed by atoms with Crippen LogP contribution in [0.15, 0.2) is 6.33 Å². The van der Waals surface area contributed by atoms with Crippen LogP contribution in [-0.2, 0) is 11.3 Å². The Morgan fingerprint density at radius 3 is 2.72 bits per heavy atom. The summed E-state index contributed by atoms with van der Waals surface area (Å²) in [6.45, 7) is 7.19. The van der Waals surface area contributed by atoms with Crippen LogP contribution in [-0.4, -0.2) is 63.7 Å². The lowest BCUT2D eigenvalue weighted by molar-refractivity contribution is -0.140. The number of piperidine rings is 1. The Morgan fingerprint density at radius 2 is 2.08 bits per heavy atom. The summed E-state index contributed by atoms with van der Waals surface area (Å²) in [6.07, 6.45) is 8.62. The van der Waals surface area contributed by atoms with E-state index in [0.717, 1.165) is 70.7 Å². The number of aromatic nitrogens is 3. The number of carbonyl (C=O) groups is 1. The molecule has 25 heavy (non-hydrogen) atoms. The van der Waals surface area contributed by atoms with Gasteiger partial charge < -0.3 is 14.4 Å². The zero-order valence-electron chi connectivity index (χ0n) is 15.7. The molecule has 0 N–H and O–H groups in total. The SMILES string of the molecule is CCCn1cnnc1C1CN(C)CC12CCN(C(=O)C1CCC1)CC2. The van der Waals surface area contributed by atoms with Gasteiger partial charge in [0.1, 0.15) is 12.2 Å². The molecule has 2 saturated heterocycles. The topological polar surface area (TPSA) is 54.3 Å². The number of nitrogens with zero attached hydrogens (tertiary/aromatic N) is 5. The van der Waals surface area contributed by atoms with Gasteiger partial charge in [0, 0.05) is 44.6 Å². The monoisotopic (exact) mass is 345 g/mol. The van der Waals surface area contributed by atoms with Crippen molar-refractivity contribution >= 4 is 5.91 Å². The van der Waals surface area contributed by atoms with E-state index in [4.69, 9.17) is 0 Å². The fourth-order valence-electron chi connectivity index (χ4n) is 5.11. The van der Waals surface area contributed by atoms with Crippen molar-refractivity contribution in [2.75, 3.05) is 33.2 Å². The van der Waals surface area contributed by atoms with E-state index >= 15 is 0 Å². The minimum Gasteiger partial charge on any atom is -0.342 e. The average molecular weight is 345 g/mol. The summed E-state index contributed by atoms with van der Waals surface area (Å²) >= 11 is 0. The third kappa shape index (κ3) is 2.98. The molecular formula is C19H31N5O. The van der Waals surface area contributed by atoms with Crippen molar-refractivity contribution < 1.29 is 4.79 Å². The molecule has 1 aliphatic carbocycles. The molecule has 2 aliphatic heterocycles. The largest absolute Gasteiger partial charge is 0.342 e. The van der Waals surface area contributed by atoms with Crippen molar-refractivity contribution in [2.24, 2.45) is 11.3 Å². The summed E-state index contributed by atoms with van der Waals surface area (Å²) in [5.74, 6) is 2.33. The lowest BCUT2D eigenvalue weighted by Gasteiger charge is -2.44. The van der Waals surface area contributed by atoms with Crippen molar-refractivity contribution in [3.8, 4) is 0 Å². The maximum Gasteiger partial charge on any atom is 0.225 e. The Morgan fingerprint density at radius 1 is 1.32 bits per heavy atom. The van der Waals surface area contributed by atoms with E-state index in [0.29, 0.717) is 17.7 Å². The molecule has 6 nitrogen and oxygen atoms in total. The number of amides is 1. The van der Waals surface area contributed by atoms with Gasteiger partial charge >= 0.3 is 0 Å². The van der Waals surface area contributed by atoms with E-state index in [1.165, 1.54) is 6.42 Å². The molecule has 4 rings (SSSR count). The third-order valence-electron chi connectivity index (χ3n) is 6.77. The van der Waals surface area contributed by atoms with Gasteiger partial charge in [0.05, 0.1) is 0 Å². The van der Waals surface area contributed by atoms with E-state index in [2.05, 4.69) is 38.5 Å². The fourth-order valence-corrected chi connectivity index (χ4v) is 5.11. The summed E-state index contributed by atoms with van der Waals surface area (Å²) in [7, 11) is 2.22. The van der Waals surface area contributed by atoms with E-state index in [-0.39, 0.29) is 5.41 Å². The van der Waals surface area contributed by atoms with Crippen LogP contribution < -0.4 is 0 Å². The summed E-state index contributed by atoms with van der Waals surface area (Å²) in [5.41, 5.74) is 0.254. The second-order valence-corrected chi connectivity index (χ2v) is 8.45. The lowest BCUT2D eigenvalue weighted by atomic mass is 9.70. The number of carbonyl (C=O) groups excluding carboxylic acids is 1. The molecule has 0 aromatic carbocycles. The first-order valence-corrected chi connectivity index (χ1v) is 9.98. The first-order chi connectivity index (χ1) is 12.1. The maximum atomic E-state index is 12.6. The molecule has 1 aromatic heterocycles. The highest BCUT2D eigenvalue weighted by atomic mass is 16.2. The van der Waals surface area contributed by atoms with Gasteiger partial charge in [-0.25, -0.2) is 0 Å². The predicted molar refractivity (Wildman–Crippen MR) is 96.1 cm³/mol. The molecule has 1 spiro atoms. The zero-order valence-corrected chi connectivity index (χ0v) is 15.7. The molecule has 138 valence electrons. The van der Waals surface area contributed by atoms with Gasteiger partial charge in [-0.1, -0.05) is 13.3 Å². The third-order valence-corrected chi connectivity index (χ3v) is 6.77. The highest BCUT2D eigenvalue weighted by molar-refractivity contribution is 5.79. The molecule has 6 heteroatoms. The molecule has 3 aliphatic rings. The van der Waals surface area contributed by atoms with Gasteiger partial charge in [0.2, 0.25) is 5.91 Å². The average Bonchev–Trinajstić information content (AvgIpc) is 3.11. The van der Waals surface area contributed by atoms with Crippen molar-refractivity contribution in [1.82, 2.24) is 24.6 Å². The van der Waals surface area contributed by atoms with E-state index < -0.39 is 0 Å². The molecule has 0 radical (unpaired) electrons. The smallest absolute Gasteiger partial charge is 0.225 e. The zero-order chi connectivity index (χ0) is 17.4. The second-order valence-electron chi connectivity index (χ2n) is 8.45. The fraction of sp³-hybridized carbons (Fsp3) is 0.842. The Bertz CT molecular complexity index is 615. The van der Waals surface area contributed by atoms with Gasteiger partial charge in [-0.3, -0.25) is 4.79 Å². The molecule has 0 bridgehead atoms. The molecule has 1 amide bonds. The maximum absolute atomic E-state index is 12.6. The van der Waals surface area contributed by atoms with E-state index in [9.17, 15) is 4.79 Å². The lowest BCUT2D eigenvalue weighted by Crippen LogP contribution is -2.48. The first-order valence-electron chi connectivity index (χ1n) is 9.98. The van der Waals surface area contributed by atoms with Crippen molar-refractivity contribution in [2.45, 2.75) is 57.9 Å². The Kier molecular flexibility index (Phi) is 4.56. The number of likely N-dealkylation sites (N-methyl/N-ethyl adjacent to an activating group) is 1. The van der Waals surface area contributed by atoms with Gasteiger partial charge in [-0.15, -0.1) is 10.2 Å². The van der Waals surface area contributed by atoms with Crippen LogP contribution in [0, 0.1) is 11.3 Å². The predicted octanol–water partition coefficient (Wildman–Crippen LogP) is 2.13. The summed E-state index contributed by atoms with van der Waals surface area (Å²) in [4.78, 5) is 17.2. The molecule has 1 aromatic rings. The van der Waals surface area contributed by atoms with Crippen LogP contribution in [0.1, 0.15) is 57.2 Å². The summed E-state index contributed by atoms with van der Waals surface area (Å²) in [6, 6.07) is 0. The van der Waals surface area contributed by atoms with Crippen LogP contribution in [0.3, 0.4) is 0 Å². The molecular weight excluding hydrogens is 314 g/mol. The summed E-state index contributed by atoms with van der Waals surface area (Å²) in [5, 5.41) is 8.71. The number of hydrogen-bond acceptors (Lipinski definition) is 4. The Balaban J connectivity index is 1.50. The minimum atomic E-state index is 0.254. The van der Waals surface area contributed by atoms with Crippen LogP contribution in [0.5, 0.6) is 0 Å². The van der Waals surface area contributed by atoms with Crippen molar-refractivity contribution in [1.29, 1.82) is 0 Å². The molecule has 3 fully saturated rings. The highest BCUT2D eigenvalue weighted by Crippen LogP contribution is 2.49. The van der Waals surface area contributed by atoms with Gasteiger partial charge in [-0.2, -0.15) is 0 Å². The number of hydrogen-bond donors (Lipinski definition) is 0. The van der Waals surface area contributed by atoms with E-state index in [1.807, 2.05) is 6.33 Å².